The molecule has 0 bridgehead atoms. The van der Waals surface area contributed by atoms with Crippen LogP contribution in [-0.2, 0) is 4.79 Å². The molecule has 3 unspecified atom stereocenters. The summed E-state index contributed by atoms with van der Waals surface area (Å²) in [6.07, 6.45) is 57.8. The second-order valence-corrected chi connectivity index (χ2v) is 18.1. The van der Waals surface area contributed by atoms with Crippen LogP contribution in [0.2, 0.25) is 0 Å². The fraction of sp³-hybridized carbons (Fsp3) is 0.942. The van der Waals surface area contributed by atoms with Crippen molar-refractivity contribution in [2.24, 2.45) is 0 Å². The van der Waals surface area contributed by atoms with Crippen LogP contribution >= 0.6 is 0 Å². The molecule has 0 aliphatic carbocycles. The molecule has 5 nitrogen and oxygen atoms in total. The monoisotopic (exact) mass is 806 g/mol. The molecule has 5 heteroatoms. The highest BCUT2D eigenvalue weighted by molar-refractivity contribution is 5.76. The number of aliphatic hydroxyl groups excluding tert-OH is 3. The van der Waals surface area contributed by atoms with Crippen LogP contribution in [0.1, 0.15) is 290 Å². The highest BCUT2D eigenvalue weighted by Crippen LogP contribution is 2.17. The fourth-order valence-electron chi connectivity index (χ4n) is 8.34. The molecule has 0 aromatic carbocycles. The minimum Gasteiger partial charge on any atom is -0.394 e. The van der Waals surface area contributed by atoms with E-state index in [1.807, 2.05) is 0 Å². The number of nitrogens with one attached hydrogen (secondary N) is 1. The zero-order valence-electron chi connectivity index (χ0n) is 38.7. The third-order valence-corrected chi connectivity index (χ3v) is 12.4. The fourth-order valence-corrected chi connectivity index (χ4v) is 8.34. The van der Waals surface area contributed by atoms with E-state index < -0.39 is 18.2 Å². The number of aliphatic hydroxyl groups is 3. The first-order chi connectivity index (χ1) is 28.1. The van der Waals surface area contributed by atoms with Crippen LogP contribution in [0.3, 0.4) is 0 Å². The van der Waals surface area contributed by atoms with E-state index in [1.54, 1.807) is 0 Å². The molecule has 3 atom stereocenters. The molecule has 0 saturated heterocycles. The smallest absolute Gasteiger partial charge is 0.220 e. The maximum Gasteiger partial charge on any atom is 0.220 e. The van der Waals surface area contributed by atoms with Crippen molar-refractivity contribution in [3.05, 3.63) is 12.2 Å². The summed E-state index contributed by atoms with van der Waals surface area (Å²) in [5.74, 6) is -0.148. The first-order valence-electron chi connectivity index (χ1n) is 26.0. The Hall–Kier alpha value is -0.910. The van der Waals surface area contributed by atoms with E-state index in [0.717, 1.165) is 38.5 Å². The van der Waals surface area contributed by atoms with Crippen LogP contribution in [0, 0.1) is 0 Å². The van der Waals surface area contributed by atoms with Crippen LogP contribution in [0.5, 0.6) is 0 Å². The zero-order chi connectivity index (χ0) is 41.5. The SMILES string of the molecule is CCCCCCCCCCCCCCCC/C=C/CCCC(O)C(O)C(CO)NC(=O)CCCCCCCCCCCCCCCCCCCCCCCCCC. The van der Waals surface area contributed by atoms with Crippen molar-refractivity contribution in [1.29, 1.82) is 0 Å². The summed E-state index contributed by atoms with van der Waals surface area (Å²) < 4.78 is 0. The van der Waals surface area contributed by atoms with E-state index in [-0.39, 0.29) is 12.5 Å². The maximum absolute atomic E-state index is 12.5. The molecule has 57 heavy (non-hydrogen) atoms. The molecule has 0 aromatic rings. The van der Waals surface area contributed by atoms with Gasteiger partial charge in [0.1, 0.15) is 6.10 Å². The Bertz CT molecular complexity index is 803. The van der Waals surface area contributed by atoms with Gasteiger partial charge in [-0.15, -0.1) is 0 Å². The van der Waals surface area contributed by atoms with Gasteiger partial charge in [-0.05, 0) is 38.5 Å². The molecule has 4 N–H and O–H groups in total. The molecule has 0 heterocycles. The van der Waals surface area contributed by atoms with Crippen LogP contribution < -0.4 is 5.32 Å². The molecule has 0 aliphatic rings. The summed E-state index contributed by atoms with van der Waals surface area (Å²) in [5.41, 5.74) is 0. The minimum atomic E-state index is -1.15. The lowest BCUT2D eigenvalue weighted by atomic mass is 10.0. The van der Waals surface area contributed by atoms with Gasteiger partial charge in [0.25, 0.3) is 0 Å². The number of allylic oxidation sites excluding steroid dienone is 2. The lowest BCUT2D eigenvalue weighted by Crippen LogP contribution is -2.50. The van der Waals surface area contributed by atoms with E-state index in [4.69, 9.17) is 0 Å². The summed E-state index contributed by atoms with van der Waals surface area (Å²) in [5, 5.41) is 33.7. The van der Waals surface area contributed by atoms with Crippen LogP contribution in [0.4, 0.5) is 0 Å². The number of carbonyl (C=O) groups is 1. The van der Waals surface area contributed by atoms with E-state index in [9.17, 15) is 20.1 Å². The predicted octanol–water partition coefficient (Wildman–Crippen LogP) is 15.6. The molecule has 0 radical (unpaired) electrons. The van der Waals surface area contributed by atoms with Gasteiger partial charge in [-0.3, -0.25) is 4.79 Å². The number of hydrogen-bond donors (Lipinski definition) is 4. The lowest BCUT2D eigenvalue weighted by molar-refractivity contribution is -0.124. The minimum absolute atomic E-state index is 0.148. The average molecular weight is 806 g/mol. The van der Waals surface area contributed by atoms with Gasteiger partial charge >= 0.3 is 0 Å². The molecule has 0 aromatic heterocycles. The van der Waals surface area contributed by atoms with Crippen molar-refractivity contribution in [2.45, 2.75) is 308 Å². The lowest BCUT2D eigenvalue weighted by Gasteiger charge is -2.26. The molecule has 340 valence electrons. The Morgan fingerprint density at radius 3 is 1.02 bits per heavy atom. The van der Waals surface area contributed by atoms with Gasteiger partial charge in [0, 0.05) is 6.42 Å². The third-order valence-electron chi connectivity index (χ3n) is 12.4. The van der Waals surface area contributed by atoms with E-state index in [0.29, 0.717) is 12.8 Å². The average Bonchev–Trinajstić information content (AvgIpc) is 3.22. The normalized spacial score (nSPS) is 13.4. The summed E-state index contributed by atoms with van der Waals surface area (Å²) in [6.45, 7) is 4.20. The largest absolute Gasteiger partial charge is 0.394 e. The van der Waals surface area contributed by atoms with Gasteiger partial charge < -0.3 is 20.6 Å². The quantitative estimate of drug-likeness (QED) is 0.0364. The van der Waals surface area contributed by atoms with Gasteiger partial charge in [-0.25, -0.2) is 0 Å². The van der Waals surface area contributed by atoms with Gasteiger partial charge in [-0.1, -0.05) is 257 Å². The van der Waals surface area contributed by atoms with Crippen LogP contribution in [0.15, 0.2) is 12.2 Å². The van der Waals surface area contributed by atoms with E-state index in [1.165, 1.54) is 225 Å². The number of amides is 1. The first-order valence-corrected chi connectivity index (χ1v) is 26.0. The number of carbonyl (C=O) groups excluding carboxylic acids is 1. The Morgan fingerprint density at radius 2 is 0.702 bits per heavy atom. The third kappa shape index (κ3) is 43.0. The molecular formula is C52H103NO4. The number of unbranched alkanes of at least 4 members (excludes halogenated alkanes) is 38. The summed E-state index contributed by atoms with van der Waals surface area (Å²) in [4.78, 5) is 12.5. The molecule has 0 aliphatic heterocycles. The van der Waals surface area contributed by atoms with Crippen molar-refractivity contribution in [3.8, 4) is 0 Å². The Labute approximate surface area is 357 Å². The second-order valence-electron chi connectivity index (χ2n) is 18.1. The molecule has 1 amide bonds. The molecule has 0 rings (SSSR count). The topological polar surface area (TPSA) is 89.8 Å². The van der Waals surface area contributed by atoms with Gasteiger partial charge in [0.15, 0.2) is 0 Å². The van der Waals surface area contributed by atoms with Gasteiger partial charge in [0.2, 0.25) is 5.91 Å². The molecular weight excluding hydrogens is 703 g/mol. The van der Waals surface area contributed by atoms with Gasteiger partial charge in [0.05, 0.1) is 18.8 Å². The molecule has 0 spiro atoms. The molecule has 0 fully saturated rings. The van der Waals surface area contributed by atoms with Crippen molar-refractivity contribution in [1.82, 2.24) is 5.32 Å². The first kappa shape index (κ1) is 56.1. The van der Waals surface area contributed by atoms with Crippen molar-refractivity contribution in [3.63, 3.8) is 0 Å². The number of hydrogen-bond acceptors (Lipinski definition) is 4. The van der Waals surface area contributed by atoms with Crippen LogP contribution in [0.25, 0.3) is 0 Å². The van der Waals surface area contributed by atoms with Gasteiger partial charge in [-0.2, -0.15) is 0 Å². The zero-order valence-corrected chi connectivity index (χ0v) is 38.7. The maximum atomic E-state index is 12.5. The van der Waals surface area contributed by atoms with Crippen LogP contribution in [-0.4, -0.2) is 46.1 Å². The van der Waals surface area contributed by atoms with E-state index >= 15 is 0 Å². The highest BCUT2D eigenvalue weighted by atomic mass is 16.3. The number of rotatable bonds is 48. The summed E-state index contributed by atoms with van der Waals surface area (Å²) >= 11 is 0. The van der Waals surface area contributed by atoms with Crippen molar-refractivity contribution < 1.29 is 20.1 Å². The predicted molar refractivity (Wildman–Crippen MR) is 250 cm³/mol. The Morgan fingerprint density at radius 1 is 0.421 bits per heavy atom. The Balaban J connectivity index is 3.56. The van der Waals surface area contributed by atoms with Crippen molar-refractivity contribution >= 4 is 5.91 Å². The summed E-state index contributed by atoms with van der Waals surface area (Å²) in [7, 11) is 0. The standard InChI is InChI=1S/C52H103NO4/c1-3-5-7-9-11-13-15-17-19-21-23-24-25-26-27-29-31-33-35-37-39-41-43-45-47-51(56)53-49(48-54)52(57)50(55)46-44-42-40-38-36-34-32-30-28-22-20-18-16-14-12-10-8-6-4-2/h38,40,49-50,52,54-55,57H,3-37,39,41-48H2,1-2H3,(H,53,56)/b40-38+. The van der Waals surface area contributed by atoms with E-state index in [2.05, 4.69) is 31.3 Å². The summed E-state index contributed by atoms with van der Waals surface area (Å²) in [6, 6.07) is -0.822. The van der Waals surface area contributed by atoms with Crippen molar-refractivity contribution in [2.75, 3.05) is 6.61 Å². The Kier molecular flexibility index (Phi) is 47.0. The highest BCUT2D eigenvalue weighted by Gasteiger charge is 2.26. The molecule has 0 saturated carbocycles. The second kappa shape index (κ2) is 47.8.